The normalized spacial score (nSPS) is 24.4. The summed E-state index contributed by atoms with van der Waals surface area (Å²) >= 11 is 0. The number of aliphatic hydroxyl groups excluding tert-OH is 2. The minimum absolute atomic E-state index is 0.155. The van der Waals surface area contributed by atoms with Gasteiger partial charge >= 0.3 is 19.6 Å². The fourth-order valence-corrected chi connectivity index (χ4v) is 5.89. The van der Waals surface area contributed by atoms with Gasteiger partial charge in [0.2, 0.25) is 5.60 Å². The molecule has 0 amide bonds. The van der Waals surface area contributed by atoms with E-state index in [0.717, 1.165) is 0 Å². The van der Waals surface area contributed by atoms with Crippen molar-refractivity contribution in [3.63, 3.8) is 0 Å². The molecule has 0 aromatic carbocycles. The van der Waals surface area contributed by atoms with Crippen LogP contribution in [-0.2, 0) is 32.9 Å². The summed E-state index contributed by atoms with van der Waals surface area (Å²) in [6, 6.07) is 2.54. The molecule has 0 aliphatic carbocycles. The molecule has 226 valence electrons. The van der Waals surface area contributed by atoms with Gasteiger partial charge in [0.15, 0.2) is 5.82 Å². The molecule has 3 heterocycles. The molecule has 41 heavy (non-hydrogen) atoms. The van der Waals surface area contributed by atoms with E-state index in [1.54, 1.807) is 39.8 Å². The number of esters is 2. The molecule has 1 aliphatic heterocycles. The van der Waals surface area contributed by atoms with Crippen molar-refractivity contribution in [3.05, 3.63) is 24.2 Å². The molecule has 0 spiro atoms. The Kier molecular flexibility index (Phi) is 10.1. The van der Waals surface area contributed by atoms with Crippen molar-refractivity contribution < 1.29 is 43.1 Å². The van der Waals surface area contributed by atoms with E-state index in [-0.39, 0.29) is 11.5 Å². The number of ether oxygens (including phenoxy) is 3. The third kappa shape index (κ3) is 7.19. The van der Waals surface area contributed by atoms with Crippen LogP contribution in [0.15, 0.2) is 18.5 Å². The highest BCUT2D eigenvalue weighted by Gasteiger charge is 2.57. The number of nitrogens with zero attached hydrogens (tertiary/aromatic N) is 4. The van der Waals surface area contributed by atoms with Crippen LogP contribution in [0, 0.1) is 11.3 Å². The van der Waals surface area contributed by atoms with E-state index in [1.165, 1.54) is 30.8 Å². The maximum absolute atomic E-state index is 13.9. The first-order valence-corrected chi connectivity index (χ1v) is 14.5. The van der Waals surface area contributed by atoms with Gasteiger partial charge < -0.3 is 34.7 Å². The summed E-state index contributed by atoms with van der Waals surface area (Å²) in [5.74, 6) is -1.36. The molecule has 2 aromatic heterocycles. The lowest BCUT2D eigenvalue weighted by molar-refractivity contribution is -0.149. The van der Waals surface area contributed by atoms with Crippen molar-refractivity contribution in [3.8, 4) is 6.07 Å². The van der Waals surface area contributed by atoms with E-state index in [9.17, 15) is 29.6 Å². The predicted octanol–water partition coefficient (Wildman–Crippen LogP) is 0.351. The van der Waals surface area contributed by atoms with Crippen molar-refractivity contribution in [2.45, 2.75) is 89.7 Å². The molecule has 0 bridgehead atoms. The van der Waals surface area contributed by atoms with E-state index in [4.69, 9.17) is 24.5 Å². The minimum Gasteiger partial charge on any atom is -0.462 e. The van der Waals surface area contributed by atoms with Crippen LogP contribution in [0.25, 0.3) is 5.52 Å². The summed E-state index contributed by atoms with van der Waals surface area (Å²) in [7, 11) is -4.37. The first kappa shape index (κ1) is 32.4. The van der Waals surface area contributed by atoms with Crippen LogP contribution in [0.3, 0.4) is 0 Å². The average Bonchev–Trinajstić information content (AvgIpc) is 3.42. The van der Waals surface area contributed by atoms with Gasteiger partial charge in [0.25, 0.3) is 0 Å². The van der Waals surface area contributed by atoms with Gasteiger partial charge in [-0.3, -0.25) is 14.2 Å². The van der Waals surface area contributed by atoms with Crippen LogP contribution in [0.1, 0.15) is 53.3 Å². The second-order valence-electron chi connectivity index (χ2n) is 10.2. The van der Waals surface area contributed by atoms with E-state index >= 15 is 0 Å². The molecular weight excluding hydrogens is 561 g/mol. The third-order valence-electron chi connectivity index (χ3n) is 6.04. The monoisotopic (exact) mass is 597 g/mol. The minimum atomic E-state index is -4.37. The van der Waals surface area contributed by atoms with Gasteiger partial charge in [-0.25, -0.2) is 19.7 Å². The molecule has 6 atom stereocenters. The van der Waals surface area contributed by atoms with Crippen LogP contribution in [0.5, 0.6) is 0 Å². The van der Waals surface area contributed by atoms with Crippen molar-refractivity contribution in [1.29, 1.82) is 5.26 Å². The number of hydrogen-bond donors (Lipinski definition) is 5. The largest absolute Gasteiger partial charge is 0.462 e. The summed E-state index contributed by atoms with van der Waals surface area (Å²) < 4.78 is 37.0. The zero-order valence-electron chi connectivity index (χ0n) is 23.5. The zero-order chi connectivity index (χ0) is 30.7. The number of aliphatic hydroxyl groups is 2. The van der Waals surface area contributed by atoms with Crippen molar-refractivity contribution in [2.24, 2.45) is 0 Å². The molecule has 0 unspecified atom stereocenters. The Morgan fingerprint density at radius 1 is 1.15 bits per heavy atom. The van der Waals surface area contributed by atoms with Gasteiger partial charge in [-0.15, -0.1) is 0 Å². The first-order valence-electron chi connectivity index (χ1n) is 12.9. The van der Waals surface area contributed by atoms with Crippen molar-refractivity contribution in [2.75, 3.05) is 12.3 Å². The fourth-order valence-electron chi connectivity index (χ4n) is 4.06. The number of rotatable bonds is 12. The van der Waals surface area contributed by atoms with Crippen LogP contribution < -0.4 is 15.9 Å². The van der Waals surface area contributed by atoms with E-state index in [0.29, 0.717) is 5.52 Å². The molecule has 0 radical (unpaired) electrons. The molecular formula is C24H36N7O9P. The molecule has 0 saturated carbocycles. The average molecular weight is 598 g/mol. The van der Waals surface area contributed by atoms with Crippen LogP contribution in [0.4, 0.5) is 5.82 Å². The summed E-state index contributed by atoms with van der Waals surface area (Å²) in [6.45, 7) is 8.41. The second kappa shape index (κ2) is 12.8. The number of fused-ring (bicyclic) bond motifs is 1. The molecule has 6 N–H and O–H groups in total. The number of nitrogens with two attached hydrogens (primary N) is 1. The van der Waals surface area contributed by atoms with E-state index in [1.807, 2.05) is 0 Å². The Morgan fingerprint density at radius 3 is 2.22 bits per heavy atom. The van der Waals surface area contributed by atoms with Crippen LogP contribution in [0.2, 0.25) is 0 Å². The third-order valence-corrected chi connectivity index (χ3v) is 7.99. The smallest absolute Gasteiger partial charge is 0.342 e. The quantitative estimate of drug-likeness (QED) is 0.164. The number of carbonyl (C=O) groups is 2. The number of nitrogens with one attached hydrogen (secondary N) is 2. The number of carbonyl (C=O) groups excluding carboxylic acids is 2. The van der Waals surface area contributed by atoms with Crippen molar-refractivity contribution in [1.82, 2.24) is 24.8 Å². The van der Waals surface area contributed by atoms with Crippen molar-refractivity contribution >= 4 is 30.9 Å². The lowest BCUT2D eigenvalue weighted by atomic mass is 9.96. The number of hydrogen-bond acceptors (Lipinski definition) is 13. The second-order valence-corrected chi connectivity index (χ2v) is 12.1. The maximum Gasteiger partial charge on any atom is 0.342 e. The fraction of sp³-hybridized carbons (Fsp3) is 0.625. The van der Waals surface area contributed by atoms with Gasteiger partial charge in [-0.05, 0) is 53.7 Å². The van der Waals surface area contributed by atoms with Gasteiger partial charge in [-0.1, -0.05) is 0 Å². The Labute approximate surface area is 236 Å². The molecule has 16 nitrogen and oxygen atoms in total. The maximum atomic E-state index is 13.9. The highest BCUT2D eigenvalue weighted by Crippen LogP contribution is 2.45. The summed E-state index contributed by atoms with van der Waals surface area (Å²) in [6.07, 6.45) is -4.48. The topological polar surface area (TPSA) is 233 Å². The van der Waals surface area contributed by atoms with Gasteiger partial charge in [-0.2, -0.15) is 10.4 Å². The molecule has 1 fully saturated rings. The molecule has 1 saturated heterocycles. The zero-order valence-corrected chi connectivity index (χ0v) is 24.4. The first-order chi connectivity index (χ1) is 19.1. The number of nitrogen functional groups attached to an aromatic ring is 1. The molecule has 17 heteroatoms. The van der Waals surface area contributed by atoms with E-state index < -0.39 is 74.4 Å². The molecule has 3 rings (SSSR count). The number of aromatic nitrogens is 3. The summed E-state index contributed by atoms with van der Waals surface area (Å²) in [4.78, 5) is 28.7. The van der Waals surface area contributed by atoms with E-state index in [2.05, 4.69) is 20.3 Å². The molecule has 1 aliphatic rings. The number of anilines is 1. The number of nitriles is 1. The Morgan fingerprint density at radius 2 is 1.71 bits per heavy atom. The lowest BCUT2D eigenvalue weighted by Gasteiger charge is -2.30. The molecule has 2 aromatic rings. The summed E-state index contributed by atoms with van der Waals surface area (Å²) in [5, 5.41) is 40.9. The van der Waals surface area contributed by atoms with Crippen LogP contribution >= 0.6 is 7.67 Å². The van der Waals surface area contributed by atoms with Gasteiger partial charge in [0, 0.05) is 0 Å². The Bertz CT molecular complexity index is 1310. The Hall–Kier alpha value is -3.16. The highest BCUT2D eigenvalue weighted by molar-refractivity contribution is 7.54. The predicted molar refractivity (Wildman–Crippen MR) is 143 cm³/mol. The highest BCUT2D eigenvalue weighted by atomic mass is 31.2. The SMILES string of the molecule is CC(C)OC(=O)[C@H](C)NP(=O)(N[C@@H](C)C(=O)OC(C)C)OC[C@@]1(C#N)O[C@@H](c2ccc3c(N)ncnn23)[C@H](O)[C@@H]1O. The van der Waals surface area contributed by atoms with Crippen LogP contribution in [-0.4, -0.2) is 85.5 Å². The van der Waals surface area contributed by atoms with Gasteiger partial charge in [0.1, 0.15) is 54.9 Å². The standard InChI is InChI=1S/C24H36N7O9P/c1-12(2)38-22(34)14(5)29-41(36,30-15(6)23(35)39-13(3)4)37-10-24(9-25)20(33)18(32)19(40-24)16-7-8-17-21(26)27-11-28-31(16)17/h7-8,11-15,18-20,32-33H,10H2,1-6H3,(H2,26,27,28)(H2,29,30,36)/t14-,15-,18-,19-,20-,24+/m0/s1. The lowest BCUT2D eigenvalue weighted by Crippen LogP contribution is -2.48. The Balaban J connectivity index is 1.87. The summed E-state index contributed by atoms with van der Waals surface area (Å²) in [5.41, 5.74) is 4.31. The van der Waals surface area contributed by atoms with Gasteiger partial charge in [0.05, 0.1) is 17.9 Å².